The van der Waals surface area contributed by atoms with E-state index in [-0.39, 0.29) is 11.8 Å². The summed E-state index contributed by atoms with van der Waals surface area (Å²) in [4.78, 5) is 25.1. The van der Waals surface area contributed by atoms with E-state index in [1.54, 1.807) is 48.5 Å². The molecule has 0 aliphatic carbocycles. The summed E-state index contributed by atoms with van der Waals surface area (Å²) in [5.41, 5.74) is 0.818. The van der Waals surface area contributed by atoms with E-state index >= 15 is 0 Å². The van der Waals surface area contributed by atoms with Crippen molar-refractivity contribution >= 4 is 23.2 Å². The fraction of sp³-hybridized carbons (Fsp3) is 0.333. The molecule has 3 rings (SSSR count). The summed E-state index contributed by atoms with van der Waals surface area (Å²) in [7, 11) is 1.52. The van der Waals surface area contributed by atoms with Crippen molar-refractivity contribution in [3.63, 3.8) is 0 Å². The summed E-state index contributed by atoms with van der Waals surface area (Å²) >= 11 is 0. The maximum Gasteiger partial charge on any atom is 0.259 e. The number of hydrogen-bond donors (Lipinski definition) is 2. The Morgan fingerprint density at radius 3 is 2.48 bits per heavy atom. The van der Waals surface area contributed by atoms with E-state index in [4.69, 9.17) is 9.47 Å². The number of ether oxygens (including phenoxy) is 2. The van der Waals surface area contributed by atoms with E-state index in [1.165, 1.54) is 7.11 Å². The van der Waals surface area contributed by atoms with Gasteiger partial charge < -0.3 is 20.1 Å². The van der Waals surface area contributed by atoms with Crippen LogP contribution in [0.3, 0.4) is 0 Å². The molecule has 0 spiro atoms. The summed E-state index contributed by atoms with van der Waals surface area (Å²) in [6, 6.07) is 14.1. The number of nitrogens with one attached hydrogen (secondary N) is 2. The van der Waals surface area contributed by atoms with E-state index in [1.807, 2.05) is 6.92 Å². The Kier molecular flexibility index (Phi) is 5.76. The number of hydrogen-bond acceptors (Lipinski definition) is 4. The Morgan fingerprint density at radius 1 is 1.04 bits per heavy atom. The SMILES string of the molecule is COc1ccccc1C(=O)Nc1cccc(NC(=O)[C@]2(C)CCCCO2)c1. The summed E-state index contributed by atoms with van der Waals surface area (Å²) < 4.78 is 10.9. The smallest absolute Gasteiger partial charge is 0.259 e. The number of carbonyl (C=O) groups is 2. The van der Waals surface area contributed by atoms with Crippen LogP contribution >= 0.6 is 0 Å². The minimum Gasteiger partial charge on any atom is -0.496 e. The maximum atomic E-state index is 12.6. The third-order valence-corrected chi connectivity index (χ3v) is 4.68. The van der Waals surface area contributed by atoms with E-state index in [9.17, 15) is 9.59 Å². The van der Waals surface area contributed by atoms with Gasteiger partial charge in [-0.1, -0.05) is 18.2 Å². The predicted octanol–water partition coefficient (Wildman–Crippen LogP) is 3.85. The number of para-hydroxylation sites is 1. The first kappa shape index (κ1) is 18.9. The average molecular weight is 368 g/mol. The Hall–Kier alpha value is -2.86. The molecule has 1 saturated heterocycles. The normalized spacial score (nSPS) is 19.2. The molecule has 0 radical (unpaired) electrons. The monoisotopic (exact) mass is 368 g/mol. The lowest BCUT2D eigenvalue weighted by Crippen LogP contribution is -2.45. The zero-order valence-electron chi connectivity index (χ0n) is 15.6. The van der Waals surface area contributed by atoms with Gasteiger partial charge in [-0.15, -0.1) is 0 Å². The van der Waals surface area contributed by atoms with Crippen LogP contribution in [-0.4, -0.2) is 31.1 Å². The third kappa shape index (κ3) is 4.46. The molecule has 1 atom stereocenters. The molecule has 27 heavy (non-hydrogen) atoms. The van der Waals surface area contributed by atoms with Crippen molar-refractivity contribution in [1.29, 1.82) is 0 Å². The Balaban J connectivity index is 1.70. The number of amides is 2. The molecular weight excluding hydrogens is 344 g/mol. The molecule has 1 aliphatic rings. The van der Waals surface area contributed by atoms with Crippen LogP contribution < -0.4 is 15.4 Å². The van der Waals surface area contributed by atoms with Gasteiger partial charge in [0.25, 0.3) is 11.8 Å². The Morgan fingerprint density at radius 2 is 1.78 bits per heavy atom. The lowest BCUT2D eigenvalue weighted by Gasteiger charge is -2.32. The second-order valence-electron chi connectivity index (χ2n) is 6.73. The number of rotatable bonds is 5. The van der Waals surface area contributed by atoms with Gasteiger partial charge in [0, 0.05) is 18.0 Å². The summed E-state index contributed by atoms with van der Waals surface area (Å²) in [6.07, 6.45) is 2.65. The lowest BCUT2D eigenvalue weighted by molar-refractivity contribution is -0.144. The molecule has 1 heterocycles. The van der Waals surface area contributed by atoms with Gasteiger partial charge >= 0.3 is 0 Å². The first-order valence-electron chi connectivity index (χ1n) is 9.02. The zero-order valence-corrected chi connectivity index (χ0v) is 15.6. The number of methoxy groups -OCH3 is 1. The topological polar surface area (TPSA) is 76.7 Å². The van der Waals surface area contributed by atoms with Crippen molar-refractivity contribution in [3.8, 4) is 5.75 Å². The Labute approximate surface area is 158 Å². The second-order valence-corrected chi connectivity index (χ2v) is 6.73. The summed E-state index contributed by atoms with van der Waals surface area (Å²) in [5, 5.41) is 5.72. The summed E-state index contributed by atoms with van der Waals surface area (Å²) in [6.45, 7) is 2.41. The van der Waals surface area contributed by atoms with Crippen molar-refractivity contribution in [2.75, 3.05) is 24.4 Å². The molecule has 2 amide bonds. The third-order valence-electron chi connectivity index (χ3n) is 4.68. The first-order valence-corrected chi connectivity index (χ1v) is 9.02. The minimum absolute atomic E-state index is 0.171. The fourth-order valence-corrected chi connectivity index (χ4v) is 3.08. The molecule has 0 aromatic heterocycles. The maximum absolute atomic E-state index is 12.6. The quantitative estimate of drug-likeness (QED) is 0.841. The minimum atomic E-state index is -0.811. The highest BCUT2D eigenvalue weighted by atomic mass is 16.5. The highest BCUT2D eigenvalue weighted by Crippen LogP contribution is 2.27. The van der Waals surface area contributed by atoms with Crippen LogP contribution in [0.15, 0.2) is 48.5 Å². The van der Waals surface area contributed by atoms with Crippen LogP contribution in [0.2, 0.25) is 0 Å². The fourth-order valence-electron chi connectivity index (χ4n) is 3.08. The van der Waals surface area contributed by atoms with Crippen LogP contribution in [0.1, 0.15) is 36.5 Å². The van der Waals surface area contributed by atoms with Gasteiger partial charge in [0.1, 0.15) is 11.4 Å². The highest BCUT2D eigenvalue weighted by Gasteiger charge is 2.35. The number of anilines is 2. The molecule has 6 nitrogen and oxygen atoms in total. The molecule has 2 N–H and O–H groups in total. The first-order chi connectivity index (χ1) is 13.0. The molecule has 1 fully saturated rings. The van der Waals surface area contributed by atoms with Crippen LogP contribution in [0.25, 0.3) is 0 Å². The zero-order chi connectivity index (χ0) is 19.3. The molecular formula is C21H24N2O4. The molecule has 0 saturated carbocycles. The van der Waals surface area contributed by atoms with E-state index in [2.05, 4.69) is 10.6 Å². The van der Waals surface area contributed by atoms with Crippen molar-refractivity contribution in [2.45, 2.75) is 31.8 Å². The van der Waals surface area contributed by atoms with Gasteiger partial charge in [-0.3, -0.25) is 9.59 Å². The number of benzene rings is 2. The summed E-state index contributed by atoms with van der Waals surface area (Å²) in [5.74, 6) is 0.0516. The van der Waals surface area contributed by atoms with E-state index in [0.29, 0.717) is 35.7 Å². The molecule has 2 aromatic carbocycles. The van der Waals surface area contributed by atoms with Crippen molar-refractivity contribution < 1.29 is 19.1 Å². The molecule has 6 heteroatoms. The van der Waals surface area contributed by atoms with Crippen molar-refractivity contribution in [1.82, 2.24) is 0 Å². The Bertz CT molecular complexity index is 828. The highest BCUT2D eigenvalue weighted by molar-refractivity contribution is 6.06. The molecule has 0 unspecified atom stereocenters. The molecule has 2 aromatic rings. The van der Waals surface area contributed by atoms with Gasteiger partial charge in [0.2, 0.25) is 0 Å². The molecule has 0 bridgehead atoms. The molecule has 1 aliphatic heterocycles. The van der Waals surface area contributed by atoms with Gasteiger partial charge in [0.15, 0.2) is 0 Å². The molecule has 142 valence electrons. The lowest BCUT2D eigenvalue weighted by atomic mass is 9.95. The van der Waals surface area contributed by atoms with Gasteiger partial charge in [-0.05, 0) is 56.5 Å². The predicted molar refractivity (Wildman–Crippen MR) is 104 cm³/mol. The second kappa shape index (κ2) is 8.22. The van der Waals surface area contributed by atoms with Gasteiger partial charge in [0.05, 0.1) is 12.7 Å². The van der Waals surface area contributed by atoms with Crippen LogP contribution in [-0.2, 0) is 9.53 Å². The van der Waals surface area contributed by atoms with Crippen molar-refractivity contribution in [3.05, 3.63) is 54.1 Å². The van der Waals surface area contributed by atoms with Gasteiger partial charge in [-0.25, -0.2) is 0 Å². The largest absolute Gasteiger partial charge is 0.496 e. The average Bonchev–Trinajstić information content (AvgIpc) is 2.68. The van der Waals surface area contributed by atoms with Crippen molar-refractivity contribution in [2.24, 2.45) is 0 Å². The van der Waals surface area contributed by atoms with E-state index < -0.39 is 5.60 Å². The standard InChI is InChI=1S/C21H24N2O4/c1-21(12-5-6-13-27-21)20(25)23-16-9-7-8-15(14-16)22-19(24)17-10-3-4-11-18(17)26-2/h3-4,7-11,14H,5-6,12-13H2,1-2H3,(H,22,24)(H,23,25)/t21-/m0/s1. The van der Waals surface area contributed by atoms with E-state index in [0.717, 1.165) is 12.8 Å². The number of carbonyl (C=O) groups excluding carboxylic acids is 2. The van der Waals surface area contributed by atoms with Crippen LogP contribution in [0, 0.1) is 0 Å². The van der Waals surface area contributed by atoms with Crippen LogP contribution in [0.4, 0.5) is 11.4 Å². The van der Waals surface area contributed by atoms with Crippen LogP contribution in [0.5, 0.6) is 5.75 Å². The van der Waals surface area contributed by atoms with Gasteiger partial charge in [-0.2, -0.15) is 0 Å².